The molecule has 9 nitrogen and oxygen atoms in total. The first-order valence-corrected chi connectivity index (χ1v) is 9.88. The Morgan fingerprint density at radius 3 is 2.07 bits per heavy atom. The third kappa shape index (κ3) is 2.87. The highest BCUT2D eigenvalue weighted by Crippen LogP contribution is 2.58. The lowest BCUT2D eigenvalue weighted by Gasteiger charge is -2.58. The van der Waals surface area contributed by atoms with E-state index < -0.39 is 35.8 Å². The molecule has 0 aromatic carbocycles. The van der Waals surface area contributed by atoms with Crippen LogP contribution in [0.3, 0.4) is 0 Å². The van der Waals surface area contributed by atoms with Gasteiger partial charge in [-0.2, -0.15) is 0 Å². The maximum absolute atomic E-state index is 13.0. The summed E-state index contributed by atoms with van der Waals surface area (Å²) in [5.41, 5.74) is -0.565. The minimum atomic E-state index is -0.942. The Bertz CT molecular complexity index is 728. The van der Waals surface area contributed by atoms with Gasteiger partial charge in [0.1, 0.15) is 6.54 Å². The molecule has 1 N–H and O–H groups in total. The monoisotopic (exact) mass is 390 g/mol. The van der Waals surface area contributed by atoms with E-state index in [1.54, 1.807) is 0 Å². The lowest BCUT2D eigenvalue weighted by molar-refractivity contribution is -0.150. The Morgan fingerprint density at radius 1 is 1.04 bits per heavy atom. The number of carbonyl (C=O) groups is 5. The molecule has 5 aliphatic rings. The van der Waals surface area contributed by atoms with Crippen molar-refractivity contribution in [2.75, 3.05) is 27.2 Å². The van der Waals surface area contributed by atoms with Crippen LogP contribution in [-0.2, 0) is 19.2 Å². The van der Waals surface area contributed by atoms with Gasteiger partial charge in [0.25, 0.3) is 0 Å². The van der Waals surface area contributed by atoms with Gasteiger partial charge in [-0.3, -0.25) is 19.2 Å². The molecule has 0 aromatic rings. The summed E-state index contributed by atoms with van der Waals surface area (Å²) >= 11 is 0. The van der Waals surface area contributed by atoms with Crippen LogP contribution in [0, 0.1) is 17.8 Å². The number of rotatable bonds is 5. The van der Waals surface area contributed by atoms with E-state index in [-0.39, 0.29) is 12.5 Å². The molecule has 4 saturated carbocycles. The van der Waals surface area contributed by atoms with Crippen LogP contribution in [-0.4, -0.2) is 77.1 Å². The fraction of sp³-hybridized carbons (Fsp3) is 0.737. The van der Waals surface area contributed by atoms with Crippen molar-refractivity contribution in [1.29, 1.82) is 0 Å². The number of urea groups is 1. The summed E-state index contributed by atoms with van der Waals surface area (Å²) in [6.45, 7) is -0.710. The van der Waals surface area contributed by atoms with Crippen LogP contribution in [0.15, 0.2) is 0 Å². The van der Waals surface area contributed by atoms with Gasteiger partial charge >= 0.3 is 17.8 Å². The molecule has 6 amide bonds. The van der Waals surface area contributed by atoms with Crippen molar-refractivity contribution in [3.63, 3.8) is 0 Å². The van der Waals surface area contributed by atoms with Crippen molar-refractivity contribution < 1.29 is 24.0 Å². The van der Waals surface area contributed by atoms with Gasteiger partial charge in [0.15, 0.2) is 0 Å². The zero-order chi connectivity index (χ0) is 20.2. The van der Waals surface area contributed by atoms with Crippen molar-refractivity contribution in [3.8, 4) is 0 Å². The molecule has 1 heterocycles. The molecule has 0 aromatic heterocycles. The van der Waals surface area contributed by atoms with E-state index in [1.807, 2.05) is 0 Å². The van der Waals surface area contributed by atoms with Gasteiger partial charge in [0.05, 0.1) is 12.1 Å². The van der Waals surface area contributed by atoms with Crippen LogP contribution in [0.2, 0.25) is 0 Å². The average molecular weight is 390 g/mol. The molecule has 28 heavy (non-hydrogen) atoms. The second-order valence-electron chi connectivity index (χ2n) is 8.88. The molecule has 0 radical (unpaired) electrons. The Kier molecular flexibility index (Phi) is 4.43. The average Bonchev–Trinajstić information content (AvgIpc) is 2.84. The van der Waals surface area contributed by atoms with Gasteiger partial charge in [-0.05, 0) is 56.3 Å². The number of hydrogen-bond donors (Lipinski definition) is 1. The van der Waals surface area contributed by atoms with Gasteiger partial charge in [-0.1, -0.05) is 0 Å². The fourth-order valence-electron chi connectivity index (χ4n) is 6.04. The molecule has 0 atom stereocenters. The Morgan fingerprint density at radius 2 is 1.57 bits per heavy atom. The Labute approximate surface area is 163 Å². The zero-order valence-electron chi connectivity index (χ0n) is 16.3. The summed E-state index contributed by atoms with van der Waals surface area (Å²) in [5, 5.41) is 2.41. The highest BCUT2D eigenvalue weighted by Gasteiger charge is 2.61. The largest absolute Gasteiger partial charge is 0.358 e. The Hall–Kier alpha value is -2.45. The van der Waals surface area contributed by atoms with Crippen LogP contribution < -0.4 is 5.32 Å². The lowest BCUT2D eigenvalue weighted by atomic mass is 9.52. The summed E-state index contributed by atoms with van der Waals surface area (Å²) in [6.07, 6.45) is 5.74. The van der Waals surface area contributed by atoms with Crippen LogP contribution in [0.5, 0.6) is 0 Å². The first-order chi connectivity index (χ1) is 13.2. The molecule has 1 saturated heterocycles. The number of carbonyl (C=O) groups excluding carboxylic acids is 5. The van der Waals surface area contributed by atoms with Crippen molar-refractivity contribution in [1.82, 2.24) is 20.0 Å². The molecule has 0 unspecified atom stereocenters. The van der Waals surface area contributed by atoms with E-state index >= 15 is 0 Å². The van der Waals surface area contributed by atoms with Crippen molar-refractivity contribution in [3.05, 3.63) is 0 Å². The number of likely N-dealkylation sites (N-methyl/N-ethyl adjacent to an activating group) is 2. The van der Waals surface area contributed by atoms with Crippen LogP contribution in [0.1, 0.15) is 38.5 Å². The number of amides is 6. The highest BCUT2D eigenvalue weighted by atomic mass is 16.2. The molecule has 5 rings (SSSR count). The lowest BCUT2D eigenvalue weighted by Crippen LogP contribution is -2.62. The van der Waals surface area contributed by atoms with Gasteiger partial charge in [0, 0.05) is 14.1 Å². The van der Waals surface area contributed by atoms with E-state index in [2.05, 4.69) is 5.32 Å². The van der Waals surface area contributed by atoms with Crippen LogP contribution in [0.4, 0.5) is 4.79 Å². The molecule has 9 heteroatoms. The third-order valence-electron chi connectivity index (χ3n) is 6.91. The second-order valence-corrected chi connectivity index (χ2v) is 8.88. The van der Waals surface area contributed by atoms with Crippen molar-refractivity contribution in [2.24, 2.45) is 17.8 Å². The molecule has 152 valence electrons. The first-order valence-electron chi connectivity index (χ1n) is 9.88. The molecular weight excluding hydrogens is 364 g/mol. The number of hydrogen-bond acceptors (Lipinski definition) is 5. The molecule has 5 fully saturated rings. The van der Waals surface area contributed by atoms with E-state index in [9.17, 15) is 24.0 Å². The topological polar surface area (TPSA) is 107 Å². The third-order valence-corrected chi connectivity index (χ3v) is 6.91. The van der Waals surface area contributed by atoms with Gasteiger partial charge < -0.3 is 10.2 Å². The SMILES string of the molecule is CNC(=O)CN(C)C(=O)CN1C(=O)C(=O)N(C23CC4CC(CC(C4)C2)C3)C1=O. The van der Waals surface area contributed by atoms with Gasteiger partial charge in [-0.15, -0.1) is 0 Å². The molecule has 1 aliphatic heterocycles. The zero-order valence-corrected chi connectivity index (χ0v) is 16.3. The minimum Gasteiger partial charge on any atom is -0.358 e. The smallest absolute Gasteiger partial charge is 0.335 e. The summed E-state index contributed by atoms with van der Waals surface area (Å²) in [6, 6.07) is -0.682. The Balaban J connectivity index is 1.51. The van der Waals surface area contributed by atoms with Crippen molar-refractivity contribution in [2.45, 2.75) is 44.1 Å². The van der Waals surface area contributed by atoms with Crippen LogP contribution in [0.25, 0.3) is 0 Å². The standard InChI is InChI=1S/C19H26N4O5/c1-20-14(24)9-21(2)15(25)10-22-16(26)17(27)23(18(22)28)19-6-11-3-12(7-19)5-13(4-11)8-19/h11-13H,3-10H2,1-2H3,(H,20,24). The summed E-state index contributed by atoms with van der Waals surface area (Å²) < 4.78 is 0. The maximum atomic E-state index is 13.0. The quantitative estimate of drug-likeness (QED) is 0.523. The van der Waals surface area contributed by atoms with E-state index in [0.717, 1.165) is 48.3 Å². The normalized spacial score (nSPS) is 33.6. The highest BCUT2D eigenvalue weighted by molar-refractivity contribution is 6.45. The van der Waals surface area contributed by atoms with E-state index in [0.29, 0.717) is 17.8 Å². The predicted molar refractivity (Wildman–Crippen MR) is 96.6 cm³/mol. The summed E-state index contributed by atoms with van der Waals surface area (Å²) in [7, 11) is 2.87. The number of imide groups is 2. The fourth-order valence-corrected chi connectivity index (χ4v) is 6.04. The van der Waals surface area contributed by atoms with Crippen molar-refractivity contribution >= 4 is 29.7 Å². The van der Waals surface area contributed by atoms with Gasteiger partial charge in [-0.25, -0.2) is 14.6 Å². The van der Waals surface area contributed by atoms with Crippen LogP contribution >= 0.6 is 0 Å². The second kappa shape index (κ2) is 6.56. The van der Waals surface area contributed by atoms with E-state index in [4.69, 9.17) is 0 Å². The molecule has 4 aliphatic carbocycles. The minimum absolute atomic E-state index is 0.182. The predicted octanol–water partition coefficient (Wildman–Crippen LogP) is -0.0496. The summed E-state index contributed by atoms with van der Waals surface area (Å²) in [4.78, 5) is 65.2. The van der Waals surface area contributed by atoms with Gasteiger partial charge in [0.2, 0.25) is 11.8 Å². The number of nitrogens with zero attached hydrogens (tertiary/aromatic N) is 3. The molecular formula is C19H26N4O5. The molecule has 4 bridgehead atoms. The first kappa shape index (κ1) is 18.9. The molecule has 0 spiro atoms. The van der Waals surface area contributed by atoms with E-state index in [1.165, 1.54) is 19.0 Å². The number of nitrogens with one attached hydrogen (secondary N) is 1. The maximum Gasteiger partial charge on any atom is 0.335 e. The summed E-state index contributed by atoms with van der Waals surface area (Å²) in [5.74, 6) is -1.15.